The van der Waals surface area contributed by atoms with Gasteiger partial charge in [0.05, 0.1) is 6.61 Å². The summed E-state index contributed by atoms with van der Waals surface area (Å²) in [6.07, 6.45) is 7.97. The molecular weight excluding hydrogens is 224 g/mol. The molecule has 1 saturated carbocycles. The van der Waals surface area contributed by atoms with Crippen LogP contribution in [0.3, 0.4) is 0 Å². The normalized spacial score (nSPS) is 34.7. The SMILES string of the molecule is CCOC[C@@H]1CCCN(C[C@@H]2CCCC[C@H]2N)C1. The molecule has 2 fully saturated rings. The minimum absolute atomic E-state index is 0.450. The highest BCUT2D eigenvalue weighted by Gasteiger charge is 2.26. The van der Waals surface area contributed by atoms with Crippen LogP contribution in [0.2, 0.25) is 0 Å². The van der Waals surface area contributed by atoms with E-state index in [1.807, 2.05) is 0 Å². The molecule has 0 amide bonds. The highest BCUT2D eigenvalue weighted by atomic mass is 16.5. The van der Waals surface area contributed by atoms with Crippen LogP contribution >= 0.6 is 0 Å². The molecule has 2 N–H and O–H groups in total. The average Bonchev–Trinajstić information content (AvgIpc) is 2.40. The Kier molecular flexibility index (Phi) is 5.93. The molecule has 106 valence electrons. The zero-order valence-electron chi connectivity index (χ0n) is 11.9. The fourth-order valence-corrected chi connectivity index (χ4v) is 3.53. The van der Waals surface area contributed by atoms with Crippen molar-refractivity contribution in [3.05, 3.63) is 0 Å². The summed E-state index contributed by atoms with van der Waals surface area (Å²) in [6, 6.07) is 0.450. The molecule has 1 aliphatic carbocycles. The molecule has 1 aliphatic heterocycles. The number of ether oxygens (including phenoxy) is 1. The van der Waals surface area contributed by atoms with Crippen LogP contribution in [0.25, 0.3) is 0 Å². The minimum Gasteiger partial charge on any atom is -0.381 e. The first-order valence-corrected chi connectivity index (χ1v) is 7.85. The van der Waals surface area contributed by atoms with Gasteiger partial charge in [-0.05, 0) is 51.0 Å². The van der Waals surface area contributed by atoms with E-state index in [1.54, 1.807) is 0 Å². The van der Waals surface area contributed by atoms with Gasteiger partial charge in [-0.25, -0.2) is 0 Å². The van der Waals surface area contributed by atoms with Crippen molar-refractivity contribution in [1.29, 1.82) is 0 Å². The highest BCUT2D eigenvalue weighted by molar-refractivity contribution is 4.82. The molecule has 0 aromatic heterocycles. The Balaban J connectivity index is 1.74. The Hall–Kier alpha value is -0.120. The largest absolute Gasteiger partial charge is 0.381 e. The van der Waals surface area contributed by atoms with E-state index in [-0.39, 0.29) is 0 Å². The maximum atomic E-state index is 6.26. The number of likely N-dealkylation sites (tertiary alicyclic amines) is 1. The van der Waals surface area contributed by atoms with E-state index in [4.69, 9.17) is 10.5 Å². The number of hydrogen-bond acceptors (Lipinski definition) is 3. The zero-order chi connectivity index (χ0) is 12.8. The molecule has 0 aromatic carbocycles. The summed E-state index contributed by atoms with van der Waals surface area (Å²) < 4.78 is 5.58. The molecule has 2 rings (SSSR count). The number of nitrogens with zero attached hydrogens (tertiary/aromatic N) is 1. The smallest absolute Gasteiger partial charge is 0.0506 e. The summed E-state index contributed by atoms with van der Waals surface area (Å²) in [7, 11) is 0. The molecule has 3 atom stereocenters. The van der Waals surface area contributed by atoms with E-state index in [1.165, 1.54) is 58.2 Å². The average molecular weight is 254 g/mol. The summed E-state index contributed by atoms with van der Waals surface area (Å²) in [4.78, 5) is 2.64. The summed E-state index contributed by atoms with van der Waals surface area (Å²) >= 11 is 0. The second-order valence-electron chi connectivity index (χ2n) is 6.14. The van der Waals surface area contributed by atoms with Gasteiger partial charge in [0.25, 0.3) is 0 Å². The van der Waals surface area contributed by atoms with Crippen molar-refractivity contribution in [2.75, 3.05) is 32.8 Å². The molecule has 0 bridgehead atoms. The second kappa shape index (κ2) is 7.46. The van der Waals surface area contributed by atoms with Crippen molar-refractivity contribution in [2.45, 2.75) is 51.5 Å². The van der Waals surface area contributed by atoms with Gasteiger partial charge in [-0.2, -0.15) is 0 Å². The van der Waals surface area contributed by atoms with Crippen LogP contribution in [-0.4, -0.2) is 43.8 Å². The predicted molar refractivity (Wildman–Crippen MR) is 75.6 cm³/mol. The van der Waals surface area contributed by atoms with Gasteiger partial charge >= 0.3 is 0 Å². The second-order valence-corrected chi connectivity index (χ2v) is 6.14. The maximum Gasteiger partial charge on any atom is 0.0506 e. The molecule has 0 aromatic rings. The van der Waals surface area contributed by atoms with Crippen LogP contribution in [0.15, 0.2) is 0 Å². The van der Waals surface area contributed by atoms with Crippen molar-refractivity contribution in [1.82, 2.24) is 4.90 Å². The lowest BCUT2D eigenvalue weighted by molar-refractivity contribution is 0.0574. The Morgan fingerprint density at radius 2 is 2.00 bits per heavy atom. The first kappa shape index (κ1) is 14.3. The fourth-order valence-electron chi connectivity index (χ4n) is 3.53. The van der Waals surface area contributed by atoms with Gasteiger partial charge in [0, 0.05) is 25.7 Å². The molecule has 18 heavy (non-hydrogen) atoms. The fraction of sp³-hybridized carbons (Fsp3) is 1.00. The summed E-state index contributed by atoms with van der Waals surface area (Å²) in [5.74, 6) is 1.49. The van der Waals surface area contributed by atoms with Crippen LogP contribution < -0.4 is 5.73 Å². The van der Waals surface area contributed by atoms with E-state index in [9.17, 15) is 0 Å². The van der Waals surface area contributed by atoms with Crippen LogP contribution in [0.4, 0.5) is 0 Å². The van der Waals surface area contributed by atoms with Gasteiger partial charge in [-0.3, -0.25) is 0 Å². The van der Waals surface area contributed by atoms with Crippen LogP contribution in [0, 0.1) is 11.8 Å². The molecule has 3 nitrogen and oxygen atoms in total. The third kappa shape index (κ3) is 4.22. The van der Waals surface area contributed by atoms with E-state index in [0.29, 0.717) is 6.04 Å². The predicted octanol–water partition coefficient (Wildman–Crippen LogP) is 2.25. The van der Waals surface area contributed by atoms with Crippen LogP contribution in [-0.2, 0) is 4.74 Å². The lowest BCUT2D eigenvalue weighted by Crippen LogP contribution is -2.45. The van der Waals surface area contributed by atoms with Crippen molar-refractivity contribution in [3.63, 3.8) is 0 Å². The minimum atomic E-state index is 0.450. The third-order valence-corrected chi connectivity index (χ3v) is 4.62. The molecule has 0 spiro atoms. The van der Waals surface area contributed by atoms with E-state index in [0.717, 1.165) is 25.0 Å². The third-order valence-electron chi connectivity index (χ3n) is 4.62. The van der Waals surface area contributed by atoms with Crippen molar-refractivity contribution in [2.24, 2.45) is 17.6 Å². The van der Waals surface area contributed by atoms with Gasteiger partial charge in [0.15, 0.2) is 0 Å². The van der Waals surface area contributed by atoms with Crippen LogP contribution in [0.5, 0.6) is 0 Å². The molecular formula is C15H30N2O. The Morgan fingerprint density at radius 3 is 2.78 bits per heavy atom. The van der Waals surface area contributed by atoms with Crippen molar-refractivity contribution < 1.29 is 4.74 Å². The topological polar surface area (TPSA) is 38.5 Å². The monoisotopic (exact) mass is 254 g/mol. The van der Waals surface area contributed by atoms with E-state index in [2.05, 4.69) is 11.8 Å². The standard InChI is InChI=1S/C15H30N2O/c1-2-18-12-13-6-5-9-17(10-13)11-14-7-3-4-8-15(14)16/h13-15H,2-12,16H2,1H3/t13-,14+,15-/m1/s1. The Labute approximate surface area is 112 Å². The molecule has 3 heteroatoms. The molecule has 0 unspecified atom stereocenters. The van der Waals surface area contributed by atoms with Gasteiger partial charge in [-0.1, -0.05) is 12.8 Å². The number of piperidine rings is 1. The molecule has 0 radical (unpaired) electrons. The van der Waals surface area contributed by atoms with E-state index >= 15 is 0 Å². The summed E-state index contributed by atoms with van der Waals surface area (Å²) in [5.41, 5.74) is 6.26. The first-order valence-electron chi connectivity index (χ1n) is 7.85. The van der Waals surface area contributed by atoms with Gasteiger partial charge in [-0.15, -0.1) is 0 Å². The first-order chi connectivity index (χ1) is 8.79. The maximum absolute atomic E-state index is 6.26. The lowest BCUT2D eigenvalue weighted by Gasteiger charge is -2.38. The number of nitrogens with two attached hydrogens (primary N) is 1. The molecule has 1 saturated heterocycles. The summed E-state index contributed by atoms with van der Waals surface area (Å²) in [6.45, 7) is 7.61. The summed E-state index contributed by atoms with van der Waals surface area (Å²) in [5, 5.41) is 0. The number of rotatable bonds is 5. The van der Waals surface area contributed by atoms with Gasteiger partial charge in [0.2, 0.25) is 0 Å². The molecule has 1 heterocycles. The van der Waals surface area contributed by atoms with Crippen molar-refractivity contribution in [3.8, 4) is 0 Å². The van der Waals surface area contributed by atoms with Gasteiger partial charge < -0.3 is 15.4 Å². The molecule has 2 aliphatic rings. The quantitative estimate of drug-likeness (QED) is 0.818. The Morgan fingerprint density at radius 1 is 1.17 bits per heavy atom. The van der Waals surface area contributed by atoms with Crippen LogP contribution in [0.1, 0.15) is 45.4 Å². The van der Waals surface area contributed by atoms with E-state index < -0.39 is 0 Å². The zero-order valence-corrected chi connectivity index (χ0v) is 11.9. The van der Waals surface area contributed by atoms with Crippen molar-refractivity contribution >= 4 is 0 Å². The lowest BCUT2D eigenvalue weighted by atomic mass is 9.84. The highest BCUT2D eigenvalue weighted by Crippen LogP contribution is 2.26. The van der Waals surface area contributed by atoms with Gasteiger partial charge in [0.1, 0.15) is 0 Å². The number of hydrogen-bond donors (Lipinski definition) is 1. The Bertz CT molecular complexity index is 235.